The zero-order valence-electron chi connectivity index (χ0n) is 10.6. The summed E-state index contributed by atoms with van der Waals surface area (Å²) in [5.41, 5.74) is 0.422. The number of nitrogens with one attached hydrogen (secondary N) is 2. The highest BCUT2D eigenvalue weighted by Gasteiger charge is 2.16. The van der Waals surface area contributed by atoms with E-state index < -0.39 is 0 Å². The lowest BCUT2D eigenvalue weighted by molar-refractivity contribution is 0.0903. The number of aromatic nitrogens is 2. The van der Waals surface area contributed by atoms with Crippen molar-refractivity contribution in [2.75, 3.05) is 19.8 Å². The summed E-state index contributed by atoms with van der Waals surface area (Å²) < 4.78 is 10.7. The van der Waals surface area contributed by atoms with E-state index in [4.69, 9.17) is 9.47 Å². The molecule has 2 heterocycles. The molecule has 0 spiro atoms. The van der Waals surface area contributed by atoms with Crippen molar-refractivity contribution >= 4 is 5.91 Å². The Bertz CT molecular complexity index is 386. The summed E-state index contributed by atoms with van der Waals surface area (Å²) in [6.07, 6.45) is 3.37. The molecule has 1 aliphatic rings. The Morgan fingerprint density at radius 3 is 3.33 bits per heavy atom. The third-order valence-corrected chi connectivity index (χ3v) is 2.87. The first-order valence-electron chi connectivity index (χ1n) is 6.37. The van der Waals surface area contributed by atoms with Gasteiger partial charge in [0, 0.05) is 19.2 Å². The van der Waals surface area contributed by atoms with E-state index in [0.29, 0.717) is 30.8 Å². The van der Waals surface area contributed by atoms with Crippen LogP contribution in [0.15, 0.2) is 6.07 Å². The second kappa shape index (κ2) is 6.39. The molecule has 1 saturated heterocycles. The van der Waals surface area contributed by atoms with Crippen LogP contribution < -0.4 is 10.1 Å². The number of carbonyl (C=O) groups is 1. The lowest BCUT2D eigenvalue weighted by Gasteiger charge is -2.09. The highest BCUT2D eigenvalue weighted by Crippen LogP contribution is 2.14. The van der Waals surface area contributed by atoms with Crippen molar-refractivity contribution in [2.24, 2.45) is 0 Å². The van der Waals surface area contributed by atoms with Gasteiger partial charge in [0.2, 0.25) is 5.88 Å². The van der Waals surface area contributed by atoms with Crippen molar-refractivity contribution in [3.63, 3.8) is 0 Å². The van der Waals surface area contributed by atoms with Crippen LogP contribution in [0.5, 0.6) is 5.88 Å². The number of H-pyrrole nitrogens is 1. The summed E-state index contributed by atoms with van der Waals surface area (Å²) in [7, 11) is 0. The van der Waals surface area contributed by atoms with E-state index in [-0.39, 0.29) is 5.91 Å². The van der Waals surface area contributed by atoms with Crippen LogP contribution in [0.1, 0.15) is 36.7 Å². The number of rotatable bonds is 6. The Morgan fingerprint density at radius 1 is 1.72 bits per heavy atom. The molecule has 18 heavy (non-hydrogen) atoms. The summed E-state index contributed by atoms with van der Waals surface area (Å²) in [6, 6.07) is 1.60. The summed E-state index contributed by atoms with van der Waals surface area (Å²) in [6.45, 7) is 3.87. The van der Waals surface area contributed by atoms with Crippen molar-refractivity contribution in [2.45, 2.75) is 32.3 Å². The third kappa shape index (κ3) is 3.46. The van der Waals surface area contributed by atoms with Crippen LogP contribution >= 0.6 is 0 Å². The molecule has 1 amide bonds. The molecule has 1 fully saturated rings. The van der Waals surface area contributed by atoms with Crippen LogP contribution in [0.2, 0.25) is 0 Å². The van der Waals surface area contributed by atoms with E-state index in [9.17, 15) is 4.79 Å². The summed E-state index contributed by atoms with van der Waals surface area (Å²) in [5.74, 6) is 0.285. The number of amides is 1. The smallest absolute Gasteiger partial charge is 0.269 e. The van der Waals surface area contributed by atoms with E-state index in [1.54, 1.807) is 6.07 Å². The second-order valence-electron chi connectivity index (χ2n) is 4.23. The van der Waals surface area contributed by atoms with Gasteiger partial charge in [-0.2, -0.15) is 0 Å². The molecule has 1 aromatic rings. The maximum atomic E-state index is 11.8. The zero-order valence-corrected chi connectivity index (χ0v) is 10.6. The fraction of sp³-hybridized carbons (Fsp3) is 0.667. The lowest BCUT2D eigenvalue weighted by Crippen LogP contribution is -2.27. The Hall–Kier alpha value is -1.56. The van der Waals surface area contributed by atoms with Crippen LogP contribution in [0, 0.1) is 0 Å². The van der Waals surface area contributed by atoms with Gasteiger partial charge >= 0.3 is 0 Å². The van der Waals surface area contributed by atoms with Crippen LogP contribution in [0.25, 0.3) is 0 Å². The SMILES string of the molecule is CCOc1cc(C(=O)NCCC2CCCO2)[nH]n1. The zero-order chi connectivity index (χ0) is 12.8. The maximum Gasteiger partial charge on any atom is 0.269 e. The van der Waals surface area contributed by atoms with E-state index in [2.05, 4.69) is 15.5 Å². The van der Waals surface area contributed by atoms with Crippen molar-refractivity contribution in [3.8, 4) is 5.88 Å². The molecule has 0 bridgehead atoms. The Morgan fingerprint density at radius 2 is 2.61 bits per heavy atom. The van der Waals surface area contributed by atoms with Crippen LogP contribution in [0.4, 0.5) is 0 Å². The molecule has 1 atom stereocenters. The first-order chi connectivity index (χ1) is 8.79. The number of hydrogen-bond acceptors (Lipinski definition) is 4. The molecule has 0 aliphatic carbocycles. The first-order valence-corrected chi connectivity index (χ1v) is 6.37. The average Bonchev–Trinajstić information content (AvgIpc) is 3.00. The van der Waals surface area contributed by atoms with Crippen molar-refractivity contribution in [1.82, 2.24) is 15.5 Å². The molecule has 0 aromatic carbocycles. The molecular formula is C12H19N3O3. The predicted molar refractivity (Wildman–Crippen MR) is 65.7 cm³/mol. The van der Waals surface area contributed by atoms with Gasteiger partial charge in [-0.15, -0.1) is 5.10 Å². The van der Waals surface area contributed by atoms with Crippen molar-refractivity contribution < 1.29 is 14.3 Å². The van der Waals surface area contributed by atoms with Crippen LogP contribution in [0.3, 0.4) is 0 Å². The van der Waals surface area contributed by atoms with Gasteiger partial charge in [-0.3, -0.25) is 9.89 Å². The van der Waals surface area contributed by atoms with Crippen LogP contribution in [-0.4, -0.2) is 42.0 Å². The molecule has 1 aliphatic heterocycles. The molecule has 0 radical (unpaired) electrons. The molecule has 2 rings (SSSR count). The third-order valence-electron chi connectivity index (χ3n) is 2.87. The molecule has 6 heteroatoms. The van der Waals surface area contributed by atoms with E-state index in [1.165, 1.54) is 0 Å². The molecule has 2 N–H and O–H groups in total. The van der Waals surface area contributed by atoms with Gasteiger partial charge in [0.15, 0.2) is 0 Å². The quantitative estimate of drug-likeness (QED) is 0.796. The fourth-order valence-electron chi connectivity index (χ4n) is 1.96. The maximum absolute atomic E-state index is 11.8. The highest BCUT2D eigenvalue weighted by atomic mass is 16.5. The van der Waals surface area contributed by atoms with Gasteiger partial charge < -0.3 is 14.8 Å². The minimum atomic E-state index is -0.161. The second-order valence-corrected chi connectivity index (χ2v) is 4.23. The minimum absolute atomic E-state index is 0.161. The van der Waals surface area contributed by atoms with Gasteiger partial charge in [0.05, 0.1) is 12.7 Å². The highest BCUT2D eigenvalue weighted by molar-refractivity contribution is 5.92. The number of aromatic amines is 1. The topological polar surface area (TPSA) is 76.2 Å². The molecular weight excluding hydrogens is 234 g/mol. The number of hydrogen-bond donors (Lipinski definition) is 2. The fourth-order valence-corrected chi connectivity index (χ4v) is 1.96. The predicted octanol–water partition coefficient (Wildman–Crippen LogP) is 1.11. The van der Waals surface area contributed by atoms with E-state index in [1.807, 2.05) is 6.92 Å². The molecule has 1 unspecified atom stereocenters. The number of carbonyl (C=O) groups excluding carboxylic acids is 1. The number of ether oxygens (including phenoxy) is 2. The van der Waals surface area contributed by atoms with Crippen LogP contribution in [-0.2, 0) is 4.74 Å². The van der Waals surface area contributed by atoms with Crippen molar-refractivity contribution in [1.29, 1.82) is 0 Å². The summed E-state index contributed by atoms with van der Waals surface area (Å²) in [5, 5.41) is 9.37. The molecule has 0 saturated carbocycles. The van der Waals surface area contributed by atoms with Gasteiger partial charge in [-0.25, -0.2) is 0 Å². The molecule has 1 aromatic heterocycles. The molecule has 100 valence electrons. The normalized spacial score (nSPS) is 18.8. The first kappa shape index (κ1) is 12.9. The van der Waals surface area contributed by atoms with E-state index >= 15 is 0 Å². The van der Waals surface area contributed by atoms with E-state index in [0.717, 1.165) is 25.9 Å². The average molecular weight is 253 g/mol. The molecule has 6 nitrogen and oxygen atoms in total. The summed E-state index contributed by atoms with van der Waals surface area (Å²) in [4.78, 5) is 11.8. The largest absolute Gasteiger partial charge is 0.477 e. The van der Waals surface area contributed by atoms with Gasteiger partial charge in [0.1, 0.15) is 5.69 Å². The monoisotopic (exact) mass is 253 g/mol. The summed E-state index contributed by atoms with van der Waals surface area (Å²) >= 11 is 0. The van der Waals surface area contributed by atoms with Gasteiger partial charge in [-0.1, -0.05) is 0 Å². The van der Waals surface area contributed by atoms with Gasteiger partial charge in [0.25, 0.3) is 5.91 Å². The Balaban J connectivity index is 1.72. The van der Waals surface area contributed by atoms with Crippen molar-refractivity contribution in [3.05, 3.63) is 11.8 Å². The Kier molecular flexibility index (Phi) is 4.58. The van der Waals surface area contributed by atoms with Gasteiger partial charge in [-0.05, 0) is 26.2 Å². The Labute approximate surface area is 106 Å². The standard InChI is InChI=1S/C12H19N3O3/c1-2-17-11-8-10(14-15-11)12(16)13-6-5-9-4-3-7-18-9/h8-9H,2-7H2,1H3,(H,13,16)(H,14,15). The lowest BCUT2D eigenvalue weighted by atomic mass is 10.2. The minimum Gasteiger partial charge on any atom is -0.477 e. The number of nitrogens with zero attached hydrogens (tertiary/aromatic N) is 1.